The van der Waals surface area contributed by atoms with Crippen LogP contribution in [0, 0.1) is 0 Å². The van der Waals surface area contributed by atoms with E-state index in [1.165, 1.54) is 12.8 Å². The molecule has 4 aromatic rings. The maximum atomic E-state index is 6.84. The van der Waals surface area contributed by atoms with Gasteiger partial charge in [-0.3, -0.25) is 14.9 Å². The number of hydrogen-bond acceptors (Lipinski definition) is 9. The average molecular weight is 699 g/mol. The topological polar surface area (TPSA) is 93.7 Å². The predicted molar refractivity (Wildman–Crippen MR) is 209 cm³/mol. The standard InChI is InChI=1S/C40H58N6O3Si/c1-10-11-18-40(5,28-49-50(8,9)39(2,3)4)45-35-23-37(42-25-30-15-17-33(47-6)22-36(30)48-7)44-34-21-31(26-43-38(34)35)29-14-16-32(41-24-29)27-46-19-12-13-20-46/h14-17,21-24,26H,10-13,18-20,25,27-28H2,1-9H3,(H2,42,44,45)/t40-/m1/s1. The summed E-state index contributed by atoms with van der Waals surface area (Å²) in [4.78, 5) is 17.4. The van der Waals surface area contributed by atoms with Crippen molar-refractivity contribution in [3.63, 3.8) is 0 Å². The summed E-state index contributed by atoms with van der Waals surface area (Å²) in [7, 11) is 1.37. The van der Waals surface area contributed by atoms with Crippen LogP contribution in [0.4, 0.5) is 11.5 Å². The van der Waals surface area contributed by atoms with Crippen molar-refractivity contribution in [2.75, 3.05) is 44.5 Å². The molecule has 0 bridgehead atoms. The first-order valence-electron chi connectivity index (χ1n) is 18.2. The van der Waals surface area contributed by atoms with Gasteiger partial charge < -0.3 is 24.5 Å². The molecule has 0 radical (unpaired) electrons. The minimum atomic E-state index is -1.97. The molecule has 2 N–H and O–H groups in total. The van der Waals surface area contributed by atoms with Gasteiger partial charge in [-0.15, -0.1) is 0 Å². The van der Waals surface area contributed by atoms with Crippen molar-refractivity contribution in [1.29, 1.82) is 0 Å². The highest BCUT2D eigenvalue weighted by Crippen LogP contribution is 2.38. The molecule has 0 aliphatic carbocycles. The van der Waals surface area contributed by atoms with Crippen LogP contribution < -0.4 is 20.1 Å². The quantitative estimate of drug-likeness (QED) is 0.111. The highest BCUT2D eigenvalue weighted by Gasteiger charge is 2.39. The number of aromatic nitrogens is 3. The summed E-state index contributed by atoms with van der Waals surface area (Å²) < 4.78 is 17.9. The molecule has 0 spiro atoms. The van der Waals surface area contributed by atoms with Crippen LogP contribution in [0.15, 0.2) is 54.9 Å². The van der Waals surface area contributed by atoms with Gasteiger partial charge in [0.1, 0.15) is 22.8 Å². The number of methoxy groups -OCH3 is 2. The number of anilines is 2. The van der Waals surface area contributed by atoms with E-state index in [1.807, 2.05) is 30.6 Å². The minimum absolute atomic E-state index is 0.126. The molecular weight excluding hydrogens is 641 g/mol. The largest absolute Gasteiger partial charge is 0.497 e. The number of ether oxygens (including phenoxy) is 2. The van der Waals surface area contributed by atoms with E-state index in [-0.39, 0.29) is 10.6 Å². The maximum Gasteiger partial charge on any atom is 0.192 e. The van der Waals surface area contributed by atoms with Crippen LogP contribution in [0.3, 0.4) is 0 Å². The van der Waals surface area contributed by atoms with Crippen molar-refractivity contribution < 1.29 is 13.9 Å². The summed E-state index contributed by atoms with van der Waals surface area (Å²) in [6.07, 6.45) is 9.63. The van der Waals surface area contributed by atoms with Gasteiger partial charge in [0.2, 0.25) is 0 Å². The van der Waals surface area contributed by atoms with Crippen LogP contribution in [0.2, 0.25) is 18.1 Å². The third-order valence-electron chi connectivity index (χ3n) is 10.4. The van der Waals surface area contributed by atoms with Crippen molar-refractivity contribution in [1.82, 2.24) is 19.9 Å². The molecular formula is C40H58N6O3Si. The van der Waals surface area contributed by atoms with Gasteiger partial charge >= 0.3 is 0 Å². The second kappa shape index (κ2) is 16.1. The highest BCUT2D eigenvalue weighted by atomic mass is 28.4. The van der Waals surface area contributed by atoms with Crippen molar-refractivity contribution >= 4 is 30.9 Å². The predicted octanol–water partition coefficient (Wildman–Crippen LogP) is 9.30. The average Bonchev–Trinajstić information content (AvgIpc) is 3.61. The monoisotopic (exact) mass is 698 g/mol. The Kier molecular flexibility index (Phi) is 12.1. The van der Waals surface area contributed by atoms with Crippen LogP contribution >= 0.6 is 0 Å². The summed E-state index contributed by atoms with van der Waals surface area (Å²) in [5.41, 5.74) is 6.38. The zero-order valence-corrected chi connectivity index (χ0v) is 32.8. The Bertz CT molecular complexity index is 1720. The molecule has 3 aromatic heterocycles. The van der Waals surface area contributed by atoms with Gasteiger partial charge in [-0.2, -0.15) is 0 Å². The van der Waals surface area contributed by atoms with Gasteiger partial charge in [-0.1, -0.05) is 46.6 Å². The summed E-state index contributed by atoms with van der Waals surface area (Å²) >= 11 is 0. The molecule has 270 valence electrons. The van der Waals surface area contributed by atoms with Gasteiger partial charge in [0.15, 0.2) is 8.32 Å². The minimum Gasteiger partial charge on any atom is -0.497 e. The van der Waals surface area contributed by atoms with Gasteiger partial charge in [0.05, 0.1) is 43.3 Å². The number of rotatable bonds is 16. The number of hydrogen-bond donors (Lipinski definition) is 2. The Morgan fingerprint density at radius 3 is 2.32 bits per heavy atom. The first kappa shape index (κ1) is 37.5. The van der Waals surface area contributed by atoms with Crippen LogP contribution in [0.1, 0.15) is 78.0 Å². The summed E-state index contributed by atoms with van der Waals surface area (Å²) in [5, 5.41) is 7.63. The van der Waals surface area contributed by atoms with Gasteiger partial charge in [0, 0.05) is 54.3 Å². The maximum absolute atomic E-state index is 6.84. The van der Waals surface area contributed by atoms with Crippen LogP contribution in [0.25, 0.3) is 22.2 Å². The lowest BCUT2D eigenvalue weighted by Crippen LogP contribution is -2.48. The van der Waals surface area contributed by atoms with Crippen molar-refractivity contribution in [2.45, 2.75) is 103 Å². The van der Waals surface area contributed by atoms with Gasteiger partial charge in [-0.25, -0.2) is 4.98 Å². The van der Waals surface area contributed by atoms with E-state index >= 15 is 0 Å². The van der Waals surface area contributed by atoms with E-state index in [2.05, 4.69) is 87.5 Å². The van der Waals surface area contributed by atoms with E-state index < -0.39 is 8.32 Å². The fourth-order valence-corrected chi connectivity index (χ4v) is 7.23. The second-order valence-electron chi connectivity index (χ2n) is 15.5. The number of likely N-dealkylation sites (tertiary alicyclic amines) is 1. The van der Waals surface area contributed by atoms with Crippen molar-refractivity contribution in [2.24, 2.45) is 0 Å². The molecule has 4 heterocycles. The molecule has 0 saturated carbocycles. The SMILES string of the molecule is CCCC[C@](C)(CO[Si](C)(C)C(C)(C)C)Nc1cc(NCc2ccc(OC)cc2OC)nc2cc(-c3ccc(CN4CCCC4)nc3)cnc12. The van der Waals surface area contributed by atoms with Crippen LogP contribution in [-0.4, -0.2) is 67.6 Å². The summed E-state index contributed by atoms with van der Waals surface area (Å²) in [6.45, 7) is 20.4. The lowest BCUT2D eigenvalue weighted by molar-refractivity contribution is 0.214. The number of pyridine rings is 3. The fourth-order valence-electron chi connectivity index (χ4n) is 6.12. The Morgan fingerprint density at radius 2 is 1.66 bits per heavy atom. The molecule has 1 aliphatic rings. The zero-order chi connectivity index (χ0) is 35.9. The zero-order valence-electron chi connectivity index (χ0n) is 31.8. The summed E-state index contributed by atoms with van der Waals surface area (Å²) in [6, 6.07) is 14.4. The van der Waals surface area contributed by atoms with Crippen LogP contribution in [-0.2, 0) is 17.5 Å². The normalized spacial score (nSPS) is 15.2. The Morgan fingerprint density at radius 1 is 0.900 bits per heavy atom. The van der Waals surface area contributed by atoms with Crippen molar-refractivity contribution in [3.05, 3.63) is 66.1 Å². The molecule has 1 atom stereocenters. The number of nitrogens with one attached hydrogen (secondary N) is 2. The number of nitrogens with zero attached hydrogens (tertiary/aromatic N) is 4. The molecule has 1 aliphatic heterocycles. The lowest BCUT2D eigenvalue weighted by Gasteiger charge is -2.41. The molecule has 10 heteroatoms. The molecule has 1 saturated heterocycles. The highest BCUT2D eigenvalue weighted by molar-refractivity contribution is 6.74. The smallest absolute Gasteiger partial charge is 0.192 e. The summed E-state index contributed by atoms with van der Waals surface area (Å²) in [5.74, 6) is 2.26. The Labute approximate surface area is 300 Å². The third kappa shape index (κ3) is 9.33. The Balaban J connectivity index is 1.49. The molecule has 1 fully saturated rings. The van der Waals surface area contributed by atoms with Gasteiger partial charge in [-0.05, 0) is 81.7 Å². The van der Waals surface area contributed by atoms with E-state index in [0.717, 1.165) is 95.3 Å². The van der Waals surface area contributed by atoms with E-state index in [1.54, 1.807) is 14.2 Å². The van der Waals surface area contributed by atoms with Crippen molar-refractivity contribution in [3.8, 4) is 22.6 Å². The third-order valence-corrected chi connectivity index (χ3v) is 14.9. The first-order valence-corrected chi connectivity index (χ1v) is 21.1. The number of benzene rings is 1. The molecule has 0 unspecified atom stereocenters. The molecule has 5 rings (SSSR count). The lowest BCUT2D eigenvalue weighted by atomic mass is 9.95. The molecule has 9 nitrogen and oxygen atoms in total. The van der Waals surface area contributed by atoms with E-state index in [0.29, 0.717) is 13.2 Å². The molecule has 50 heavy (non-hydrogen) atoms. The second-order valence-corrected chi connectivity index (χ2v) is 20.3. The number of fused-ring (bicyclic) bond motifs is 1. The Hall–Kier alpha value is -3.73. The fraction of sp³-hybridized carbons (Fsp3) is 0.525. The van der Waals surface area contributed by atoms with Gasteiger partial charge in [0.25, 0.3) is 0 Å². The number of unbranched alkanes of at least 4 members (excludes halogenated alkanes) is 1. The first-order chi connectivity index (χ1) is 23.8. The molecule has 0 amide bonds. The molecule has 1 aromatic carbocycles. The van der Waals surface area contributed by atoms with Crippen LogP contribution in [0.5, 0.6) is 11.5 Å². The van der Waals surface area contributed by atoms with E-state index in [4.69, 9.17) is 28.9 Å². The van der Waals surface area contributed by atoms with E-state index in [9.17, 15) is 0 Å².